The van der Waals surface area contributed by atoms with Crippen molar-refractivity contribution in [2.24, 2.45) is 0 Å². The quantitative estimate of drug-likeness (QED) is 0.842. The third kappa shape index (κ3) is 3.39. The van der Waals surface area contributed by atoms with Crippen molar-refractivity contribution >= 4 is 0 Å². The van der Waals surface area contributed by atoms with E-state index in [0.717, 1.165) is 25.3 Å². The lowest BCUT2D eigenvalue weighted by Gasteiger charge is -2.17. The summed E-state index contributed by atoms with van der Waals surface area (Å²) in [5.74, 6) is 0.926. The zero-order valence-electron chi connectivity index (χ0n) is 12.5. The van der Waals surface area contributed by atoms with Gasteiger partial charge in [-0.25, -0.2) is 4.98 Å². The van der Waals surface area contributed by atoms with E-state index >= 15 is 0 Å². The molecule has 0 fully saturated rings. The van der Waals surface area contributed by atoms with Gasteiger partial charge in [0.05, 0.1) is 19.1 Å². The lowest BCUT2D eigenvalue weighted by molar-refractivity contribution is 0.401. The summed E-state index contributed by atoms with van der Waals surface area (Å²) in [4.78, 5) is 4.22. The minimum atomic E-state index is 0.233. The molecule has 1 aromatic carbocycles. The van der Waals surface area contributed by atoms with Gasteiger partial charge < -0.3 is 14.6 Å². The monoisotopic (exact) mass is 273 g/mol. The molecule has 0 saturated heterocycles. The van der Waals surface area contributed by atoms with Gasteiger partial charge >= 0.3 is 0 Å². The van der Waals surface area contributed by atoms with Gasteiger partial charge in [0.25, 0.3) is 0 Å². The van der Waals surface area contributed by atoms with Crippen LogP contribution in [0.3, 0.4) is 0 Å². The number of imidazole rings is 1. The largest absolute Gasteiger partial charge is 0.496 e. The van der Waals surface area contributed by atoms with Gasteiger partial charge in [0.1, 0.15) is 5.75 Å². The van der Waals surface area contributed by atoms with Crippen LogP contribution in [0.1, 0.15) is 37.6 Å². The van der Waals surface area contributed by atoms with Crippen molar-refractivity contribution in [3.8, 4) is 5.75 Å². The second-order valence-electron chi connectivity index (χ2n) is 4.92. The predicted molar refractivity (Wildman–Crippen MR) is 80.8 cm³/mol. The Labute approximate surface area is 120 Å². The Hall–Kier alpha value is -1.81. The highest BCUT2D eigenvalue weighted by molar-refractivity contribution is 5.35. The standard InChI is InChI=1S/C16H23N3O/c1-4-9-19-12-17-10-14(19)11-18-13(2)15-7-5-6-8-16(15)20-3/h5-8,10,12-13,18H,4,9,11H2,1-3H3. The minimum Gasteiger partial charge on any atom is -0.496 e. The van der Waals surface area contributed by atoms with Gasteiger partial charge in [0.15, 0.2) is 0 Å². The molecule has 1 aromatic heterocycles. The Morgan fingerprint density at radius 1 is 1.35 bits per heavy atom. The maximum atomic E-state index is 5.41. The summed E-state index contributed by atoms with van der Waals surface area (Å²) in [5.41, 5.74) is 2.39. The molecule has 4 nitrogen and oxygen atoms in total. The number of methoxy groups -OCH3 is 1. The highest BCUT2D eigenvalue weighted by Crippen LogP contribution is 2.24. The number of rotatable bonds is 7. The maximum Gasteiger partial charge on any atom is 0.123 e. The summed E-state index contributed by atoms with van der Waals surface area (Å²) in [6.45, 7) is 6.15. The van der Waals surface area contributed by atoms with Crippen molar-refractivity contribution in [3.63, 3.8) is 0 Å². The Morgan fingerprint density at radius 3 is 2.90 bits per heavy atom. The fraction of sp³-hybridized carbons (Fsp3) is 0.438. The van der Waals surface area contributed by atoms with Gasteiger partial charge in [0.2, 0.25) is 0 Å². The van der Waals surface area contributed by atoms with Crippen molar-refractivity contribution < 1.29 is 4.74 Å². The van der Waals surface area contributed by atoms with Crippen LogP contribution in [-0.4, -0.2) is 16.7 Å². The first-order valence-corrected chi connectivity index (χ1v) is 7.11. The van der Waals surface area contributed by atoms with Crippen LogP contribution in [-0.2, 0) is 13.1 Å². The second-order valence-corrected chi connectivity index (χ2v) is 4.92. The number of nitrogens with one attached hydrogen (secondary N) is 1. The van der Waals surface area contributed by atoms with Crippen LogP contribution in [0.15, 0.2) is 36.8 Å². The first-order chi connectivity index (χ1) is 9.76. The first-order valence-electron chi connectivity index (χ1n) is 7.11. The SMILES string of the molecule is CCCn1cncc1CNC(C)c1ccccc1OC. The van der Waals surface area contributed by atoms with Gasteiger partial charge in [-0.05, 0) is 19.4 Å². The first kappa shape index (κ1) is 14.6. The maximum absolute atomic E-state index is 5.41. The summed E-state index contributed by atoms with van der Waals surface area (Å²) >= 11 is 0. The highest BCUT2D eigenvalue weighted by Gasteiger charge is 2.11. The molecule has 0 bridgehead atoms. The number of ether oxygens (including phenoxy) is 1. The zero-order valence-corrected chi connectivity index (χ0v) is 12.5. The molecule has 1 N–H and O–H groups in total. The highest BCUT2D eigenvalue weighted by atomic mass is 16.5. The molecule has 0 aliphatic heterocycles. The lowest BCUT2D eigenvalue weighted by Crippen LogP contribution is -2.20. The molecule has 0 saturated carbocycles. The van der Waals surface area contributed by atoms with Crippen LogP contribution in [0.2, 0.25) is 0 Å². The fourth-order valence-corrected chi connectivity index (χ4v) is 2.33. The molecular formula is C16H23N3O. The molecule has 1 atom stereocenters. The van der Waals surface area contributed by atoms with E-state index in [-0.39, 0.29) is 6.04 Å². The van der Waals surface area contributed by atoms with Crippen molar-refractivity contribution in [1.29, 1.82) is 0 Å². The summed E-state index contributed by atoms with van der Waals surface area (Å²) in [6.07, 6.45) is 4.94. The number of benzene rings is 1. The average Bonchev–Trinajstić information content (AvgIpc) is 2.92. The van der Waals surface area contributed by atoms with E-state index in [1.165, 1.54) is 11.3 Å². The number of nitrogens with zero attached hydrogens (tertiary/aromatic N) is 2. The van der Waals surface area contributed by atoms with E-state index in [9.17, 15) is 0 Å². The molecule has 0 spiro atoms. The minimum absolute atomic E-state index is 0.233. The van der Waals surface area contributed by atoms with Gasteiger partial charge in [-0.2, -0.15) is 0 Å². The molecule has 0 aliphatic carbocycles. The van der Waals surface area contributed by atoms with E-state index in [1.54, 1.807) is 7.11 Å². The smallest absolute Gasteiger partial charge is 0.123 e. The Kier molecular flexibility index (Phi) is 5.18. The van der Waals surface area contributed by atoms with Gasteiger partial charge in [-0.15, -0.1) is 0 Å². The van der Waals surface area contributed by atoms with Gasteiger partial charge in [-0.3, -0.25) is 0 Å². The summed E-state index contributed by atoms with van der Waals surface area (Å²) in [5, 5.41) is 3.53. The topological polar surface area (TPSA) is 39.1 Å². The van der Waals surface area contributed by atoms with E-state index in [1.807, 2.05) is 30.7 Å². The second kappa shape index (κ2) is 7.10. The fourth-order valence-electron chi connectivity index (χ4n) is 2.33. The van der Waals surface area contributed by atoms with Crippen molar-refractivity contribution in [2.45, 2.75) is 39.4 Å². The molecule has 0 aliphatic rings. The van der Waals surface area contributed by atoms with Gasteiger partial charge in [-0.1, -0.05) is 25.1 Å². The molecule has 0 amide bonds. The van der Waals surface area contributed by atoms with E-state index in [4.69, 9.17) is 4.74 Å². The summed E-state index contributed by atoms with van der Waals surface area (Å²) < 4.78 is 7.60. The van der Waals surface area contributed by atoms with Gasteiger partial charge in [0, 0.05) is 30.9 Å². The van der Waals surface area contributed by atoms with E-state index in [2.05, 4.69) is 34.8 Å². The average molecular weight is 273 g/mol. The van der Waals surface area contributed by atoms with Crippen molar-refractivity contribution in [1.82, 2.24) is 14.9 Å². The molecule has 108 valence electrons. The number of hydrogen-bond acceptors (Lipinski definition) is 3. The van der Waals surface area contributed by atoms with E-state index in [0.29, 0.717) is 0 Å². The molecule has 1 unspecified atom stereocenters. The van der Waals surface area contributed by atoms with Crippen LogP contribution >= 0.6 is 0 Å². The van der Waals surface area contributed by atoms with Crippen LogP contribution in [0.25, 0.3) is 0 Å². The van der Waals surface area contributed by atoms with Crippen molar-refractivity contribution in [2.75, 3.05) is 7.11 Å². The number of hydrogen-bond donors (Lipinski definition) is 1. The third-order valence-electron chi connectivity index (χ3n) is 3.46. The number of aromatic nitrogens is 2. The van der Waals surface area contributed by atoms with E-state index < -0.39 is 0 Å². The number of aryl methyl sites for hydroxylation is 1. The molecule has 2 aromatic rings. The van der Waals surface area contributed by atoms with Crippen molar-refractivity contribution in [3.05, 3.63) is 48.0 Å². The normalized spacial score (nSPS) is 12.3. The molecular weight excluding hydrogens is 250 g/mol. The molecule has 1 heterocycles. The summed E-state index contributed by atoms with van der Waals surface area (Å²) in [6, 6.07) is 8.35. The Balaban J connectivity index is 2.01. The Morgan fingerprint density at radius 2 is 2.15 bits per heavy atom. The molecule has 0 radical (unpaired) electrons. The molecule has 4 heteroatoms. The van der Waals surface area contributed by atoms with Crippen LogP contribution < -0.4 is 10.1 Å². The van der Waals surface area contributed by atoms with Crippen LogP contribution in [0, 0.1) is 0 Å². The number of para-hydroxylation sites is 1. The molecule has 2 rings (SSSR count). The van der Waals surface area contributed by atoms with Crippen LogP contribution in [0.4, 0.5) is 0 Å². The lowest BCUT2D eigenvalue weighted by atomic mass is 10.1. The Bertz CT molecular complexity index is 536. The predicted octanol–water partition coefficient (Wildman–Crippen LogP) is 3.15. The molecule has 20 heavy (non-hydrogen) atoms. The summed E-state index contributed by atoms with van der Waals surface area (Å²) in [7, 11) is 1.71. The van der Waals surface area contributed by atoms with Crippen LogP contribution in [0.5, 0.6) is 5.75 Å². The third-order valence-corrected chi connectivity index (χ3v) is 3.46. The zero-order chi connectivity index (χ0) is 14.4.